The topological polar surface area (TPSA) is 333 Å². The Hall–Kier alpha value is -1.90. The molecule has 20 nitrogen and oxygen atoms in total. The molecule has 0 rings (SSSR count). The molecule has 0 aliphatic heterocycles. The molecule has 0 atom stereocenters. The van der Waals surface area contributed by atoms with Crippen LogP contribution in [0.4, 0.5) is 0 Å². The molecule has 0 saturated heterocycles. The van der Waals surface area contributed by atoms with Crippen molar-refractivity contribution in [1.82, 2.24) is 0 Å². The summed E-state index contributed by atoms with van der Waals surface area (Å²) in [6.45, 7) is 0. The summed E-state index contributed by atoms with van der Waals surface area (Å²) in [6.07, 6.45) is 0. The van der Waals surface area contributed by atoms with E-state index in [0.29, 0.717) is 0 Å². The Balaban J connectivity index is -0.0000000351. The van der Waals surface area contributed by atoms with Crippen molar-refractivity contribution in [2.45, 2.75) is 0 Å². The SMILES string of the molecule is O=[N+]([O-])[O-].O=[N+]([O-])[O-].O=[N+]([O-])[O-].O=[N+]([O-])[O-].[O]=[U+2]=[O].[O]=[U+2]=[O]. The molecule has 0 aromatic carbocycles. The summed E-state index contributed by atoms with van der Waals surface area (Å²) in [7, 11) is 0. The van der Waals surface area contributed by atoms with Gasteiger partial charge in [0.05, 0.1) is 20.3 Å². The Labute approximate surface area is 145 Å². The van der Waals surface area contributed by atoms with Gasteiger partial charge in [0.25, 0.3) is 0 Å². The zero-order chi connectivity index (χ0) is 19.7. The molecule has 0 bridgehead atoms. The van der Waals surface area contributed by atoms with Crippen LogP contribution in [0.1, 0.15) is 0 Å². The fourth-order valence-corrected chi connectivity index (χ4v) is 0. The molecule has 0 aliphatic carbocycles. The van der Waals surface area contributed by atoms with Crippen LogP contribution < -0.4 is 0 Å². The molecular formula is N4O16U2. The number of rotatable bonds is 0. The van der Waals surface area contributed by atoms with Gasteiger partial charge in [0, 0.05) is 0 Å². The summed E-state index contributed by atoms with van der Waals surface area (Å²) < 4.78 is 34.3. The molecule has 0 radical (unpaired) electrons. The Morgan fingerprint density at radius 2 is 0.409 bits per heavy atom. The van der Waals surface area contributed by atoms with E-state index in [1.165, 1.54) is 0 Å². The van der Waals surface area contributed by atoms with Crippen LogP contribution in [0, 0.1) is 117 Å². The van der Waals surface area contributed by atoms with E-state index in [9.17, 15) is 0 Å². The molecule has 0 N–H and O–H groups in total. The summed E-state index contributed by atoms with van der Waals surface area (Å²) >= 11 is -5.01. The first-order chi connectivity index (χ1) is 9.76. The summed E-state index contributed by atoms with van der Waals surface area (Å²) in [5, 5.41) is 59.0. The summed E-state index contributed by atoms with van der Waals surface area (Å²) in [5.41, 5.74) is 0. The Kier molecular flexibility index (Phi) is 71.7. The van der Waals surface area contributed by atoms with E-state index < -0.39 is 76.0 Å². The second kappa shape index (κ2) is 42.7. The molecule has 0 aliphatic rings. The first kappa shape index (κ1) is 36.9. The first-order valence-electron chi connectivity index (χ1n) is 3.01. The minimum atomic E-state index is -2.51. The average molecular weight is 788 g/mol. The molecule has 0 unspecified atom stereocenters. The van der Waals surface area contributed by atoms with Crippen LogP contribution in [0.3, 0.4) is 0 Å². The molecule has 0 spiro atoms. The fourth-order valence-electron chi connectivity index (χ4n) is 0. The summed E-state index contributed by atoms with van der Waals surface area (Å²) in [5.74, 6) is 0. The monoisotopic (exact) mass is 788 g/mol. The van der Waals surface area contributed by atoms with Gasteiger partial charge in [-0.05, 0) is 0 Å². The predicted octanol–water partition coefficient (Wildman–Crippen LogP) is -1.43. The normalized spacial score (nSPS) is 5.09. The summed E-state index contributed by atoms with van der Waals surface area (Å²) in [6, 6.07) is 0. The molecule has 0 heterocycles. The molecular weight excluding hydrogens is 788 g/mol. The van der Waals surface area contributed by atoms with Crippen LogP contribution >= 0.6 is 0 Å². The molecule has 22 heavy (non-hydrogen) atoms. The van der Waals surface area contributed by atoms with Gasteiger partial charge in [-0.25, -0.2) is 0 Å². The van der Waals surface area contributed by atoms with Crippen LogP contribution in [0.25, 0.3) is 0 Å². The van der Waals surface area contributed by atoms with E-state index in [4.69, 9.17) is 70.2 Å². The Morgan fingerprint density at radius 3 is 0.409 bits per heavy atom. The molecule has 22 heteroatoms. The molecule has 124 valence electrons. The maximum absolute atomic E-state index is 8.58. The molecule has 0 fully saturated rings. The van der Waals surface area contributed by atoms with Crippen molar-refractivity contribution in [1.29, 1.82) is 0 Å². The Bertz CT molecular complexity index is 284. The fraction of sp³-hybridized carbons (Fsp3) is 0. The first-order valence-corrected chi connectivity index (χ1v) is 9.81. The zero-order valence-electron chi connectivity index (χ0n) is 9.32. The standard InChI is InChI=1S/4NO3.4O.2U/c4*2-1(3)4;;;;;;/q4*-1;;;;;2*+2. The van der Waals surface area contributed by atoms with E-state index in [0.717, 1.165) is 0 Å². The number of hydrogen-bond acceptors (Lipinski definition) is 16. The van der Waals surface area contributed by atoms with Crippen molar-refractivity contribution in [3.05, 3.63) is 61.3 Å². The van der Waals surface area contributed by atoms with Crippen molar-refractivity contribution in [2.75, 3.05) is 0 Å². The van der Waals surface area contributed by atoms with Crippen LogP contribution in [0.15, 0.2) is 0 Å². The van der Waals surface area contributed by atoms with E-state index in [-0.39, 0.29) is 0 Å². The second-order valence-corrected chi connectivity index (χ2v) is 2.45. The third kappa shape index (κ3) is 1470. The number of nitrogens with zero attached hydrogens (tertiary/aromatic N) is 4. The zero-order valence-corrected chi connectivity index (χ0v) is 17.6. The molecule has 0 amide bonds. The van der Waals surface area contributed by atoms with Gasteiger partial charge >= 0.3 is 64.6 Å². The van der Waals surface area contributed by atoms with Gasteiger partial charge in [0.15, 0.2) is 0 Å². The summed E-state index contributed by atoms with van der Waals surface area (Å²) in [4.78, 5) is 33.0. The van der Waals surface area contributed by atoms with Gasteiger partial charge in [0.2, 0.25) is 0 Å². The van der Waals surface area contributed by atoms with Crippen molar-refractivity contribution in [3.8, 4) is 0 Å². The van der Waals surface area contributed by atoms with Gasteiger partial charge in [-0.15, -0.1) is 0 Å². The molecule has 0 aromatic heterocycles. The van der Waals surface area contributed by atoms with Gasteiger partial charge in [-0.1, -0.05) is 0 Å². The van der Waals surface area contributed by atoms with E-state index in [1.807, 2.05) is 0 Å². The van der Waals surface area contributed by atoms with Crippen molar-refractivity contribution in [3.63, 3.8) is 0 Å². The molecule has 0 saturated carbocycles. The van der Waals surface area contributed by atoms with Gasteiger partial charge in [0.1, 0.15) is 0 Å². The van der Waals surface area contributed by atoms with Crippen LogP contribution in [0.2, 0.25) is 0 Å². The van der Waals surface area contributed by atoms with Gasteiger partial charge in [-0.2, -0.15) is 0 Å². The van der Waals surface area contributed by atoms with E-state index >= 15 is 0 Å². The van der Waals surface area contributed by atoms with Gasteiger partial charge < -0.3 is 61.3 Å². The van der Waals surface area contributed by atoms with Crippen LogP contribution in [-0.2, 0) is 8.94 Å². The van der Waals surface area contributed by atoms with Crippen LogP contribution in [0.5, 0.6) is 0 Å². The van der Waals surface area contributed by atoms with Crippen molar-refractivity contribution < 1.29 is 84.9 Å². The third-order valence-corrected chi connectivity index (χ3v) is 0. The van der Waals surface area contributed by atoms with Crippen LogP contribution in [-0.4, -0.2) is 20.3 Å². The maximum atomic E-state index is 8.58. The van der Waals surface area contributed by atoms with Gasteiger partial charge in [-0.3, -0.25) is 0 Å². The van der Waals surface area contributed by atoms with Crippen molar-refractivity contribution >= 4 is 0 Å². The predicted molar refractivity (Wildman–Crippen MR) is 44.2 cm³/mol. The van der Waals surface area contributed by atoms with Crippen molar-refractivity contribution in [2.24, 2.45) is 0 Å². The third-order valence-electron chi connectivity index (χ3n) is 0. The second-order valence-electron chi connectivity index (χ2n) is 1.06. The Morgan fingerprint density at radius 1 is 0.409 bits per heavy atom. The molecule has 0 aromatic rings. The quantitative estimate of drug-likeness (QED) is 0.201. The average Bonchev–Trinajstić information content (AvgIpc) is 2.13. The van der Waals surface area contributed by atoms with E-state index in [2.05, 4.69) is 0 Å². The minimum absolute atomic E-state index is 1.75. The van der Waals surface area contributed by atoms with E-state index in [1.54, 1.807) is 0 Å². The number of hydrogen-bond donors (Lipinski definition) is 0.